The van der Waals surface area contributed by atoms with Gasteiger partial charge in [-0.2, -0.15) is 10.4 Å². The van der Waals surface area contributed by atoms with Crippen LogP contribution in [0.15, 0.2) is 36.8 Å². The Morgan fingerprint density at radius 1 is 1.20 bits per heavy atom. The van der Waals surface area contributed by atoms with Crippen molar-refractivity contribution in [3.8, 4) is 23.1 Å². The van der Waals surface area contributed by atoms with Gasteiger partial charge in [0.2, 0.25) is 0 Å². The summed E-state index contributed by atoms with van der Waals surface area (Å²) in [6.45, 7) is 8.82. The quantitative estimate of drug-likeness (QED) is 0.361. The Balaban J connectivity index is 1.27. The topological polar surface area (TPSA) is 123 Å². The highest BCUT2D eigenvalue weighted by atomic mass is 16.6. The summed E-state index contributed by atoms with van der Waals surface area (Å²) in [4.78, 5) is 18.8. The van der Waals surface area contributed by atoms with Crippen LogP contribution >= 0.6 is 0 Å². The first-order valence-corrected chi connectivity index (χ1v) is 13.6. The van der Waals surface area contributed by atoms with E-state index >= 15 is 0 Å². The van der Waals surface area contributed by atoms with Gasteiger partial charge in [-0.1, -0.05) is 11.3 Å². The first-order chi connectivity index (χ1) is 19.2. The molecule has 5 heterocycles. The molecule has 0 unspecified atom stereocenters. The molecule has 11 nitrogen and oxygen atoms in total. The number of pyridine rings is 2. The maximum absolute atomic E-state index is 12.5. The lowest BCUT2D eigenvalue weighted by molar-refractivity contribution is 0.0184. The van der Waals surface area contributed by atoms with Gasteiger partial charge in [0, 0.05) is 31.0 Å². The zero-order chi connectivity index (χ0) is 28.0. The number of aromatic nitrogens is 6. The molecule has 6 rings (SSSR count). The molecule has 0 aromatic carbocycles. The van der Waals surface area contributed by atoms with E-state index in [0.717, 1.165) is 48.3 Å². The lowest BCUT2D eigenvalue weighted by Crippen LogP contribution is -2.42. The molecule has 0 N–H and O–H groups in total. The highest BCUT2D eigenvalue weighted by molar-refractivity contribution is 5.75. The average Bonchev–Trinajstić information content (AvgIpc) is 3.64. The Kier molecular flexibility index (Phi) is 6.41. The number of nitriles is 1. The molecule has 4 aromatic heterocycles. The fraction of sp³-hybridized carbons (Fsp3) is 0.448. The number of hydrogen-bond acceptors (Lipinski definition) is 8. The monoisotopic (exact) mass is 540 g/mol. The van der Waals surface area contributed by atoms with Crippen LogP contribution in [-0.2, 0) is 11.2 Å². The van der Waals surface area contributed by atoms with Crippen molar-refractivity contribution < 1.29 is 14.3 Å². The van der Waals surface area contributed by atoms with Crippen molar-refractivity contribution >= 4 is 11.6 Å². The summed E-state index contributed by atoms with van der Waals surface area (Å²) in [5.74, 6) is 0.565. The van der Waals surface area contributed by atoms with Crippen LogP contribution in [0.25, 0.3) is 16.8 Å². The van der Waals surface area contributed by atoms with Gasteiger partial charge in [-0.15, -0.1) is 5.10 Å². The van der Waals surface area contributed by atoms with Gasteiger partial charge in [0.15, 0.2) is 0 Å². The molecule has 0 spiro atoms. The molecule has 0 bridgehead atoms. The van der Waals surface area contributed by atoms with Crippen LogP contribution in [0.2, 0.25) is 0 Å². The highest BCUT2D eigenvalue weighted by Crippen LogP contribution is 2.38. The van der Waals surface area contributed by atoms with Crippen molar-refractivity contribution in [2.24, 2.45) is 0 Å². The van der Waals surface area contributed by atoms with Crippen molar-refractivity contribution in [1.29, 1.82) is 5.26 Å². The molecule has 1 aliphatic heterocycles. The summed E-state index contributed by atoms with van der Waals surface area (Å²) in [5.41, 5.74) is 5.10. The summed E-state index contributed by atoms with van der Waals surface area (Å²) in [6.07, 6.45) is 7.94. The SMILES string of the molecule is Cc1c(-c2cc(O[C@@H]3CCc4cccnc43)c3c(C#N)cnn3c2)nnn1C1CCN(C(=O)OC(C)(C)C)CC1. The third-order valence-electron chi connectivity index (χ3n) is 7.54. The van der Waals surface area contributed by atoms with Gasteiger partial charge in [-0.25, -0.2) is 14.0 Å². The first kappa shape index (κ1) is 25.8. The zero-order valence-electron chi connectivity index (χ0n) is 23.2. The maximum atomic E-state index is 12.5. The third kappa shape index (κ3) is 4.74. The van der Waals surface area contributed by atoms with Crippen LogP contribution < -0.4 is 4.74 Å². The molecule has 40 heavy (non-hydrogen) atoms. The summed E-state index contributed by atoms with van der Waals surface area (Å²) < 4.78 is 15.7. The Labute approximate surface area is 232 Å². The smallest absolute Gasteiger partial charge is 0.410 e. The standard InChI is InChI=1S/C29H32N8O3/c1-18-25(33-34-37(18)22-9-12-35(13-10-22)28(38)40-29(2,3)4)20-14-24(27-21(15-30)16-32-36(27)17-20)39-23-8-7-19-6-5-11-31-26(19)23/h5-6,11,14,16-17,22-23H,7-10,12-13H2,1-4H3/t23-/m1/s1. The molecule has 4 aromatic rings. The molecular formula is C29H32N8O3. The van der Waals surface area contributed by atoms with Crippen LogP contribution in [0.4, 0.5) is 4.79 Å². The number of rotatable bonds is 4. The number of carbonyl (C=O) groups excluding carboxylic acids is 1. The normalized spacial score (nSPS) is 17.6. The molecule has 1 fully saturated rings. The van der Waals surface area contributed by atoms with E-state index in [-0.39, 0.29) is 18.2 Å². The van der Waals surface area contributed by atoms with E-state index in [9.17, 15) is 10.1 Å². The van der Waals surface area contributed by atoms with Gasteiger partial charge in [-0.05, 0) is 71.1 Å². The van der Waals surface area contributed by atoms with Crippen LogP contribution in [0.1, 0.15) is 74.7 Å². The highest BCUT2D eigenvalue weighted by Gasteiger charge is 2.30. The molecule has 0 saturated carbocycles. The van der Waals surface area contributed by atoms with Crippen molar-refractivity contribution in [2.75, 3.05) is 13.1 Å². The summed E-state index contributed by atoms with van der Waals surface area (Å²) in [5, 5.41) is 23.2. The molecule has 2 aliphatic rings. The first-order valence-electron chi connectivity index (χ1n) is 13.6. The van der Waals surface area contributed by atoms with E-state index in [4.69, 9.17) is 9.47 Å². The van der Waals surface area contributed by atoms with Gasteiger partial charge in [0.25, 0.3) is 0 Å². The number of nitrogens with zero attached hydrogens (tertiary/aromatic N) is 8. The number of fused-ring (bicyclic) bond motifs is 2. The van der Waals surface area contributed by atoms with Gasteiger partial charge in [0.1, 0.15) is 40.3 Å². The minimum atomic E-state index is -0.519. The Hall–Kier alpha value is -4.46. The third-order valence-corrected chi connectivity index (χ3v) is 7.54. The van der Waals surface area contributed by atoms with Crippen LogP contribution in [0, 0.1) is 18.3 Å². The second kappa shape index (κ2) is 9.93. The predicted octanol–water partition coefficient (Wildman–Crippen LogP) is 4.81. The second-order valence-corrected chi connectivity index (χ2v) is 11.4. The molecule has 1 amide bonds. The van der Waals surface area contributed by atoms with E-state index in [0.29, 0.717) is 29.9 Å². The van der Waals surface area contributed by atoms with E-state index in [1.807, 2.05) is 50.7 Å². The molecule has 206 valence electrons. The predicted molar refractivity (Wildman–Crippen MR) is 146 cm³/mol. The average molecular weight is 541 g/mol. The Morgan fingerprint density at radius 2 is 2.00 bits per heavy atom. The number of likely N-dealkylation sites (tertiary alicyclic amines) is 1. The minimum absolute atomic E-state index is 0.121. The number of hydrogen-bond donors (Lipinski definition) is 0. The fourth-order valence-electron chi connectivity index (χ4n) is 5.60. The van der Waals surface area contributed by atoms with Crippen LogP contribution in [0.5, 0.6) is 5.75 Å². The number of ether oxygens (including phenoxy) is 2. The zero-order valence-corrected chi connectivity index (χ0v) is 23.2. The number of piperidine rings is 1. The van der Waals surface area contributed by atoms with Crippen molar-refractivity contribution in [2.45, 2.75) is 71.1 Å². The van der Waals surface area contributed by atoms with Crippen molar-refractivity contribution in [1.82, 2.24) is 34.5 Å². The fourth-order valence-corrected chi connectivity index (χ4v) is 5.60. The Morgan fingerprint density at radius 3 is 2.75 bits per heavy atom. The molecule has 1 atom stereocenters. The molecular weight excluding hydrogens is 508 g/mol. The molecule has 0 radical (unpaired) electrons. The van der Waals surface area contributed by atoms with Gasteiger partial charge in [-0.3, -0.25) is 4.98 Å². The number of carbonyl (C=O) groups is 1. The molecule has 1 aliphatic carbocycles. The van der Waals surface area contributed by atoms with Crippen molar-refractivity contribution in [3.05, 3.63) is 59.3 Å². The summed E-state index contributed by atoms with van der Waals surface area (Å²) >= 11 is 0. The summed E-state index contributed by atoms with van der Waals surface area (Å²) in [7, 11) is 0. The lowest BCUT2D eigenvalue weighted by atomic mass is 10.0. The minimum Gasteiger partial charge on any atom is -0.482 e. The van der Waals surface area contributed by atoms with E-state index in [1.54, 1.807) is 21.8 Å². The largest absolute Gasteiger partial charge is 0.482 e. The second-order valence-electron chi connectivity index (χ2n) is 11.4. The molecule has 1 saturated heterocycles. The molecule has 11 heteroatoms. The van der Waals surface area contributed by atoms with Crippen molar-refractivity contribution in [3.63, 3.8) is 0 Å². The van der Waals surface area contributed by atoms with Gasteiger partial charge >= 0.3 is 6.09 Å². The lowest BCUT2D eigenvalue weighted by Gasteiger charge is -2.33. The van der Waals surface area contributed by atoms with Crippen LogP contribution in [-0.4, -0.2) is 59.3 Å². The number of amides is 1. The van der Waals surface area contributed by atoms with E-state index < -0.39 is 5.60 Å². The Bertz CT molecular complexity index is 1620. The van der Waals surface area contributed by atoms with Crippen LogP contribution in [0.3, 0.4) is 0 Å². The van der Waals surface area contributed by atoms with Gasteiger partial charge < -0.3 is 14.4 Å². The number of aryl methyl sites for hydroxylation is 1. The van der Waals surface area contributed by atoms with Gasteiger partial charge in [0.05, 0.1) is 23.6 Å². The summed E-state index contributed by atoms with van der Waals surface area (Å²) in [6, 6.07) is 8.29. The maximum Gasteiger partial charge on any atom is 0.410 e. The van der Waals surface area contributed by atoms with E-state index in [2.05, 4.69) is 32.5 Å². The van der Waals surface area contributed by atoms with E-state index in [1.165, 1.54) is 5.56 Å².